The molecule has 2 N–H and O–H groups in total. The molecular weight excluding hydrogens is 551 g/mol. The number of hydrogen-bond donors (Lipinski definition) is 2. The third-order valence-electron chi connectivity index (χ3n) is 8.10. The summed E-state index contributed by atoms with van der Waals surface area (Å²) in [5.74, 6) is -3.61. The van der Waals surface area contributed by atoms with Crippen molar-refractivity contribution in [3.63, 3.8) is 0 Å². The molecule has 226 valence electrons. The maximum atomic E-state index is 14.0. The number of rotatable bonds is 12. The minimum Gasteiger partial charge on any atom is -0.349 e. The number of aromatic nitrogens is 5. The molecule has 2 aliphatic carbocycles. The van der Waals surface area contributed by atoms with E-state index in [4.69, 9.17) is 9.61 Å². The maximum absolute atomic E-state index is 14.0. The Kier molecular flexibility index (Phi) is 8.65. The summed E-state index contributed by atoms with van der Waals surface area (Å²) in [5.41, 5.74) is 2.75. The predicted molar refractivity (Wildman–Crippen MR) is 146 cm³/mol. The van der Waals surface area contributed by atoms with Crippen molar-refractivity contribution < 1.29 is 27.4 Å². The van der Waals surface area contributed by atoms with Gasteiger partial charge in [-0.1, -0.05) is 31.2 Å². The first kappa shape index (κ1) is 29.7. The van der Waals surface area contributed by atoms with E-state index in [1.165, 1.54) is 0 Å². The second kappa shape index (κ2) is 12.2. The van der Waals surface area contributed by atoms with Crippen molar-refractivity contribution in [2.24, 2.45) is 11.8 Å². The number of halogens is 3. The van der Waals surface area contributed by atoms with Gasteiger partial charge in [0.25, 0.3) is 5.91 Å². The Morgan fingerprint density at radius 3 is 2.50 bits per heavy atom. The quantitative estimate of drug-likeness (QED) is 0.272. The molecule has 2 amide bonds. The summed E-state index contributed by atoms with van der Waals surface area (Å²) in [7, 11) is 0. The predicted octanol–water partition coefficient (Wildman–Crippen LogP) is 5.41. The second-order valence-electron chi connectivity index (χ2n) is 11.8. The first-order valence-electron chi connectivity index (χ1n) is 14.4. The number of carbonyl (C=O) groups is 2. The zero-order valence-electron chi connectivity index (χ0n) is 23.8. The molecule has 2 atom stereocenters. The van der Waals surface area contributed by atoms with Gasteiger partial charge in [-0.05, 0) is 60.7 Å². The topological polar surface area (TPSA) is 127 Å². The van der Waals surface area contributed by atoms with E-state index in [0.29, 0.717) is 22.6 Å². The van der Waals surface area contributed by atoms with Gasteiger partial charge in [0, 0.05) is 25.2 Å². The molecule has 3 heterocycles. The largest absolute Gasteiger partial charge is 0.349 e. The van der Waals surface area contributed by atoms with E-state index in [0.717, 1.165) is 18.4 Å². The average molecular weight is 588 g/mol. The van der Waals surface area contributed by atoms with Crippen LogP contribution in [0.5, 0.6) is 0 Å². The van der Waals surface area contributed by atoms with Crippen LogP contribution in [0.1, 0.15) is 111 Å². The van der Waals surface area contributed by atoms with Crippen LogP contribution in [0, 0.1) is 11.8 Å². The number of nitrogens with one attached hydrogen (secondary N) is 2. The lowest BCUT2D eigenvalue weighted by molar-refractivity contribution is -0.121. The summed E-state index contributed by atoms with van der Waals surface area (Å²) in [4.78, 5) is 30.7. The van der Waals surface area contributed by atoms with Crippen LogP contribution in [0.15, 0.2) is 35.2 Å². The molecule has 1 unspecified atom stereocenters. The van der Waals surface area contributed by atoms with Crippen molar-refractivity contribution >= 4 is 17.5 Å². The molecule has 2 aliphatic rings. The number of imidazole rings is 1. The van der Waals surface area contributed by atoms with Crippen LogP contribution in [0.4, 0.5) is 13.2 Å². The average Bonchev–Trinajstić information content (AvgIpc) is 3.48. The van der Waals surface area contributed by atoms with Crippen molar-refractivity contribution in [1.82, 2.24) is 35.5 Å². The van der Waals surface area contributed by atoms with Gasteiger partial charge in [0.15, 0.2) is 11.3 Å². The monoisotopic (exact) mass is 587 g/mol. The van der Waals surface area contributed by atoms with Crippen LogP contribution in [-0.4, -0.2) is 49.3 Å². The maximum Gasteiger partial charge on any atom is 0.276 e. The number of fused-ring (bicyclic) bond motifs is 1. The van der Waals surface area contributed by atoms with Gasteiger partial charge in [-0.25, -0.2) is 22.9 Å². The highest BCUT2D eigenvalue weighted by atomic mass is 19.3. The summed E-state index contributed by atoms with van der Waals surface area (Å²) >= 11 is 0. The van der Waals surface area contributed by atoms with Crippen molar-refractivity contribution in [3.05, 3.63) is 53.3 Å². The minimum atomic E-state index is -2.73. The van der Waals surface area contributed by atoms with Gasteiger partial charge >= 0.3 is 0 Å². The molecule has 3 aromatic heterocycles. The smallest absolute Gasteiger partial charge is 0.276 e. The Hall–Kier alpha value is -3.77. The molecule has 3 aromatic rings. The summed E-state index contributed by atoms with van der Waals surface area (Å²) < 4.78 is 47.1. The van der Waals surface area contributed by atoms with Crippen LogP contribution < -0.4 is 10.6 Å². The third kappa shape index (κ3) is 6.81. The molecule has 0 saturated heterocycles. The molecule has 2 fully saturated rings. The highest BCUT2D eigenvalue weighted by Gasteiger charge is 2.40. The molecule has 13 heteroatoms. The second-order valence-corrected chi connectivity index (χ2v) is 11.8. The van der Waals surface area contributed by atoms with Gasteiger partial charge < -0.3 is 10.6 Å². The van der Waals surface area contributed by atoms with Crippen LogP contribution in [0.2, 0.25) is 0 Å². The fourth-order valence-electron chi connectivity index (χ4n) is 5.58. The lowest BCUT2D eigenvalue weighted by Crippen LogP contribution is -2.37. The molecule has 0 aromatic carbocycles. The van der Waals surface area contributed by atoms with Gasteiger partial charge in [0.2, 0.25) is 11.8 Å². The van der Waals surface area contributed by atoms with Crippen LogP contribution in [0.25, 0.3) is 5.65 Å². The number of nitrogens with zero attached hydrogens (tertiary/aromatic N) is 5. The molecule has 0 bridgehead atoms. The Balaban J connectivity index is 1.41. The van der Waals surface area contributed by atoms with E-state index in [1.807, 2.05) is 19.9 Å². The summed E-state index contributed by atoms with van der Waals surface area (Å²) in [6, 6.07) is 0.886. The van der Waals surface area contributed by atoms with Gasteiger partial charge in [-0.15, -0.1) is 0 Å². The van der Waals surface area contributed by atoms with Crippen LogP contribution in [0.3, 0.4) is 0 Å². The lowest BCUT2D eigenvalue weighted by atomic mass is 9.81. The van der Waals surface area contributed by atoms with Crippen molar-refractivity contribution in [2.75, 3.05) is 6.67 Å². The van der Waals surface area contributed by atoms with E-state index >= 15 is 0 Å². The number of hydrogen-bond acceptors (Lipinski definition) is 7. The molecule has 5 rings (SSSR count). The zero-order chi connectivity index (χ0) is 30.0. The Bertz CT molecular complexity index is 1440. The molecule has 0 aliphatic heterocycles. The first-order valence-corrected chi connectivity index (χ1v) is 14.4. The highest BCUT2D eigenvalue weighted by molar-refractivity contribution is 5.93. The number of carbonyl (C=O) groups excluding carboxylic acids is 2. The summed E-state index contributed by atoms with van der Waals surface area (Å²) in [5, 5.41) is 18.2. The van der Waals surface area contributed by atoms with Gasteiger partial charge in [-0.2, -0.15) is 5.10 Å². The van der Waals surface area contributed by atoms with Crippen molar-refractivity contribution in [2.45, 2.75) is 89.1 Å². The van der Waals surface area contributed by atoms with E-state index in [9.17, 15) is 22.8 Å². The van der Waals surface area contributed by atoms with Gasteiger partial charge in [0.05, 0.1) is 36.8 Å². The minimum absolute atomic E-state index is 0.0533. The lowest BCUT2D eigenvalue weighted by Gasteiger charge is -2.33. The van der Waals surface area contributed by atoms with Crippen LogP contribution in [-0.2, 0) is 4.79 Å². The fourth-order valence-corrected chi connectivity index (χ4v) is 5.58. The van der Waals surface area contributed by atoms with E-state index < -0.39 is 24.5 Å². The molecule has 42 heavy (non-hydrogen) atoms. The first-order chi connectivity index (χ1) is 20.0. The number of alkyl halides is 3. The standard InChI is InChI=1S/C29H36F3N7O3/c1-16(2)24-27(38-42-37-24)28(41)36-26(19-6-9-29(31,32)10-7-19)21-15-39-22(34-21)13-20(14-33-39)25(18-4-5-18)35-23(40)12-17(3)8-11-30/h13-16,18-19,25-26H,3-12H2,1-2H3,(H,35,40)(H,36,41)/t25?,26-/m0/s1. The molecule has 2 saturated carbocycles. The summed E-state index contributed by atoms with van der Waals surface area (Å²) in [6.45, 7) is 6.94. The normalized spacial score (nSPS) is 18.6. The van der Waals surface area contributed by atoms with Gasteiger partial charge in [-0.3, -0.25) is 14.0 Å². The Labute approximate surface area is 241 Å². The Morgan fingerprint density at radius 2 is 1.83 bits per heavy atom. The summed E-state index contributed by atoms with van der Waals surface area (Å²) in [6.07, 6.45) is 5.34. The van der Waals surface area contributed by atoms with E-state index in [2.05, 4.69) is 32.6 Å². The van der Waals surface area contributed by atoms with Crippen molar-refractivity contribution in [1.29, 1.82) is 0 Å². The molecule has 0 radical (unpaired) electrons. The Morgan fingerprint density at radius 1 is 1.12 bits per heavy atom. The van der Waals surface area contributed by atoms with Crippen molar-refractivity contribution in [3.8, 4) is 0 Å². The number of amides is 2. The fraction of sp³-hybridized carbons (Fsp3) is 0.586. The highest BCUT2D eigenvalue weighted by Crippen LogP contribution is 2.43. The third-order valence-corrected chi connectivity index (χ3v) is 8.10. The van der Waals surface area contributed by atoms with E-state index in [-0.39, 0.29) is 73.9 Å². The molecule has 10 nitrogen and oxygen atoms in total. The zero-order valence-corrected chi connectivity index (χ0v) is 23.8. The van der Waals surface area contributed by atoms with Gasteiger partial charge in [0.1, 0.15) is 5.69 Å². The van der Waals surface area contributed by atoms with E-state index in [1.54, 1.807) is 16.9 Å². The molecule has 0 spiro atoms. The van der Waals surface area contributed by atoms with Crippen LogP contribution >= 0.6 is 0 Å². The SMILES string of the molecule is C=C(CCF)CC(=O)NC(c1cnn2cc([C@@H](NC(=O)c3nonc3C(C)C)C3CCC(F)(F)CC3)nc2c1)C1CC1. The molecular formula is C29H36F3N7O3.